The Morgan fingerprint density at radius 3 is 3.10 bits per heavy atom. The van der Waals surface area contributed by atoms with E-state index in [1.54, 1.807) is 6.33 Å². The van der Waals surface area contributed by atoms with Crippen molar-refractivity contribution in [2.75, 3.05) is 25.5 Å². The molecule has 0 aromatic carbocycles. The van der Waals surface area contributed by atoms with Gasteiger partial charge in [0.15, 0.2) is 0 Å². The zero-order chi connectivity index (χ0) is 13.9. The van der Waals surface area contributed by atoms with Crippen LogP contribution in [0.15, 0.2) is 30.9 Å². The lowest BCUT2D eigenvalue weighted by molar-refractivity contribution is 0.246. The van der Waals surface area contributed by atoms with Crippen LogP contribution < -0.4 is 4.90 Å². The predicted octanol–water partition coefficient (Wildman–Crippen LogP) is 2.21. The van der Waals surface area contributed by atoms with E-state index in [4.69, 9.17) is 0 Å². The van der Waals surface area contributed by atoms with Gasteiger partial charge in [-0.15, -0.1) is 0 Å². The smallest absolute Gasteiger partial charge is 0.128 e. The molecule has 0 aliphatic carbocycles. The third-order valence-corrected chi connectivity index (χ3v) is 3.90. The van der Waals surface area contributed by atoms with Gasteiger partial charge in [0.05, 0.1) is 6.33 Å². The average molecular weight is 271 g/mol. The SMILES string of the molecule is CN(C)c1cc([C@@H]2CCCN2Cc2cnc[nH]2)ccn1. The van der Waals surface area contributed by atoms with Crippen molar-refractivity contribution in [2.45, 2.75) is 25.4 Å². The van der Waals surface area contributed by atoms with Gasteiger partial charge in [-0.1, -0.05) is 0 Å². The van der Waals surface area contributed by atoms with E-state index in [0.29, 0.717) is 6.04 Å². The number of hydrogen-bond donors (Lipinski definition) is 1. The maximum atomic E-state index is 4.40. The highest BCUT2D eigenvalue weighted by Crippen LogP contribution is 2.33. The van der Waals surface area contributed by atoms with Crippen LogP contribution in [0.3, 0.4) is 0 Å². The Morgan fingerprint density at radius 1 is 1.45 bits per heavy atom. The third-order valence-electron chi connectivity index (χ3n) is 3.90. The van der Waals surface area contributed by atoms with E-state index in [2.05, 4.69) is 36.9 Å². The minimum absolute atomic E-state index is 0.486. The van der Waals surface area contributed by atoms with Crippen molar-refractivity contribution in [1.82, 2.24) is 19.9 Å². The Labute approximate surface area is 119 Å². The first-order valence-electron chi connectivity index (χ1n) is 7.08. The fraction of sp³-hybridized carbons (Fsp3) is 0.467. The fourth-order valence-electron chi connectivity index (χ4n) is 2.87. The van der Waals surface area contributed by atoms with Gasteiger partial charge in [-0.25, -0.2) is 9.97 Å². The molecule has 1 atom stereocenters. The zero-order valence-electron chi connectivity index (χ0n) is 12.1. The van der Waals surface area contributed by atoms with Crippen molar-refractivity contribution in [3.05, 3.63) is 42.1 Å². The van der Waals surface area contributed by atoms with E-state index in [0.717, 1.165) is 18.9 Å². The molecule has 106 valence electrons. The molecular formula is C15H21N5. The van der Waals surface area contributed by atoms with Crippen LogP contribution in [0.4, 0.5) is 5.82 Å². The molecule has 1 aliphatic rings. The molecule has 1 saturated heterocycles. The Balaban J connectivity index is 1.79. The molecule has 1 N–H and O–H groups in total. The van der Waals surface area contributed by atoms with Gasteiger partial charge in [0.2, 0.25) is 0 Å². The summed E-state index contributed by atoms with van der Waals surface area (Å²) in [6.07, 6.45) is 8.03. The van der Waals surface area contributed by atoms with Crippen molar-refractivity contribution >= 4 is 5.82 Å². The number of pyridine rings is 1. The Kier molecular flexibility index (Phi) is 3.69. The molecule has 0 spiro atoms. The lowest BCUT2D eigenvalue weighted by Gasteiger charge is -2.25. The molecule has 5 heteroatoms. The molecule has 1 aliphatic heterocycles. The van der Waals surface area contributed by atoms with Crippen molar-refractivity contribution in [3.63, 3.8) is 0 Å². The quantitative estimate of drug-likeness (QED) is 0.926. The summed E-state index contributed by atoms with van der Waals surface area (Å²) in [6.45, 7) is 2.08. The topological polar surface area (TPSA) is 48.0 Å². The number of hydrogen-bond acceptors (Lipinski definition) is 4. The van der Waals surface area contributed by atoms with E-state index in [9.17, 15) is 0 Å². The van der Waals surface area contributed by atoms with E-state index in [1.807, 2.05) is 26.5 Å². The minimum atomic E-state index is 0.486. The summed E-state index contributed by atoms with van der Waals surface area (Å²) < 4.78 is 0. The van der Waals surface area contributed by atoms with Crippen molar-refractivity contribution < 1.29 is 0 Å². The first-order chi connectivity index (χ1) is 9.74. The Hall–Kier alpha value is -1.88. The van der Waals surface area contributed by atoms with Crippen LogP contribution in [-0.4, -0.2) is 40.5 Å². The highest BCUT2D eigenvalue weighted by Gasteiger charge is 2.26. The summed E-state index contributed by atoms with van der Waals surface area (Å²) in [5.74, 6) is 1.02. The molecule has 0 bridgehead atoms. The molecule has 20 heavy (non-hydrogen) atoms. The molecule has 2 aromatic rings. The molecule has 0 unspecified atom stereocenters. The normalized spacial score (nSPS) is 19.4. The summed E-state index contributed by atoms with van der Waals surface area (Å²) in [5, 5.41) is 0. The lowest BCUT2D eigenvalue weighted by atomic mass is 10.1. The van der Waals surface area contributed by atoms with E-state index in [-0.39, 0.29) is 0 Å². The number of rotatable bonds is 4. The average Bonchev–Trinajstić information content (AvgIpc) is 3.11. The van der Waals surface area contributed by atoms with Gasteiger partial charge in [-0.2, -0.15) is 0 Å². The molecular weight excluding hydrogens is 250 g/mol. The van der Waals surface area contributed by atoms with Crippen LogP contribution >= 0.6 is 0 Å². The number of nitrogens with one attached hydrogen (secondary N) is 1. The maximum absolute atomic E-state index is 4.40. The van der Waals surface area contributed by atoms with Crippen LogP contribution in [0.25, 0.3) is 0 Å². The highest BCUT2D eigenvalue weighted by atomic mass is 15.2. The molecule has 3 rings (SSSR count). The molecule has 1 fully saturated rings. The number of aromatic nitrogens is 3. The Morgan fingerprint density at radius 2 is 2.35 bits per heavy atom. The fourth-order valence-corrected chi connectivity index (χ4v) is 2.87. The highest BCUT2D eigenvalue weighted by molar-refractivity contribution is 5.40. The van der Waals surface area contributed by atoms with E-state index >= 15 is 0 Å². The third kappa shape index (κ3) is 2.67. The number of imidazole rings is 1. The van der Waals surface area contributed by atoms with Gasteiger partial charge in [0.1, 0.15) is 5.82 Å². The van der Waals surface area contributed by atoms with Gasteiger partial charge < -0.3 is 9.88 Å². The Bertz CT molecular complexity index is 549. The first kappa shape index (κ1) is 13.1. The van der Waals surface area contributed by atoms with E-state index < -0.39 is 0 Å². The van der Waals surface area contributed by atoms with Crippen molar-refractivity contribution in [2.24, 2.45) is 0 Å². The molecule has 3 heterocycles. The van der Waals surface area contributed by atoms with Crippen molar-refractivity contribution in [3.8, 4) is 0 Å². The van der Waals surface area contributed by atoms with Crippen LogP contribution in [0.2, 0.25) is 0 Å². The molecule has 5 nitrogen and oxygen atoms in total. The minimum Gasteiger partial charge on any atom is -0.363 e. The van der Waals surface area contributed by atoms with Crippen LogP contribution in [0, 0.1) is 0 Å². The summed E-state index contributed by atoms with van der Waals surface area (Å²) >= 11 is 0. The van der Waals surface area contributed by atoms with Crippen molar-refractivity contribution in [1.29, 1.82) is 0 Å². The van der Waals surface area contributed by atoms with Crippen LogP contribution in [-0.2, 0) is 6.54 Å². The lowest BCUT2D eigenvalue weighted by Crippen LogP contribution is -2.23. The van der Waals surface area contributed by atoms with Gasteiger partial charge in [0.25, 0.3) is 0 Å². The summed E-state index contributed by atoms with van der Waals surface area (Å²) in [7, 11) is 4.06. The second-order valence-corrected chi connectivity index (χ2v) is 5.55. The standard InChI is InChI=1S/C15H21N5/c1-19(2)15-8-12(5-6-17-15)14-4-3-7-20(14)10-13-9-16-11-18-13/h5-6,8-9,11,14H,3-4,7,10H2,1-2H3,(H,16,18)/t14-/m0/s1. The molecule has 0 radical (unpaired) electrons. The largest absolute Gasteiger partial charge is 0.363 e. The predicted molar refractivity (Wildman–Crippen MR) is 79.5 cm³/mol. The number of nitrogens with zero attached hydrogens (tertiary/aromatic N) is 4. The monoisotopic (exact) mass is 271 g/mol. The van der Waals surface area contributed by atoms with Crippen LogP contribution in [0.5, 0.6) is 0 Å². The number of anilines is 1. The maximum Gasteiger partial charge on any atom is 0.128 e. The zero-order valence-corrected chi connectivity index (χ0v) is 12.1. The molecule has 2 aromatic heterocycles. The second-order valence-electron chi connectivity index (χ2n) is 5.55. The van der Waals surface area contributed by atoms with Crippen LogP contribution in [0.1, 0.15) is 30.1 Å². The summed E-state index contributed by atoms with van der Waals surface area (Å²) in [6, 6.07) is 4.83. The number of aromatic amines is 1. The summed E-state index contributed by atoms with van der Waals surface area (Å²) in [4.78, 5) is 16.3. The first-order valence-corrected chi connectivity index (χ1v) is 7.08. The van der Waals surface area contributed by atoms with Gasteiger partial charge in [0, 0.05) is 44.8 Å². The number of likely N-dealkylation sites (tertiary alicyclic amines) is 1. The molecule has 0 amide bonds. The summed E-state index contributed by atoms with van der Waals surface area (Å²) in [5.41, 5.74) is 2.54. The number of H-pyrrole nitrogens is 1. The molecule has 0 saturated carbocycles. The van der Waals surface area contributed by atoms with E-state index in [1.165, 1.54) is 24.1 Å². The van der Waals surface area contributed by atoms with Gasteiger partial charge >= 0.3 is 0 Å². The van der Waals surface area contributed by atoms with Gasteiger partial charge in [-0.05, 0) is 37.1 Å². The van der Waals surface area contributed by atoms with Gasteiger partial charge in [-0.3, -0.25) is 4.90 Å². The second kappa shape index (κ2) is 5.63.